The Kier molecular flexibility index (Phi) is 4.69. The van der Waals surface area contributed by atoms with E-state index in [1.807, 2.05) is 6.92 Å². The molecule has 0 aliphatic rings. The molecule has 1 rings (SSSR count). The first-order valence-electron chi connectivity index (χ1n) is 5.71. The van der Waals surface area contributed by atoms with Crippen molar-refractivity contribution in [3.05, 3.63) is 11.8 Å². The summed E-state index contributed by atoms with van der Waals surface area (Å²) in [5, 5.41) is 12.1. The monoisotopic (exact) mass is 239 g/mol. The number of ether oxygens (including phenoxy) is 1. The van der Waals surface area contributed by atoms with E-state index in [0.717, 1.165) is 12.1 Å². The summed E-state index contributed by atoms with van der Waals surface area (Å²) in [4.78, 5) is 8.49. The number of hydrogen-bond donors (Lipinski definition) is 2. The normalized spacial score (nSPS) is 11.4. The molecule has 0 saturated heterocycles. The van der Waals surface area contributed by atoms with E-state index in [9.17, 15) is 0 Å². The van der Waals surface area contributed by atoms with Gasteiger partial charge in [0.1, 0.15) is 0 Å². The van der Waals surface area contributed by atoms with Gasteiger partial charge in [0.05, 0.1) is 7.11 Å². The van der Waals surface area contributed by atoms with Gasteiger partial charge in [-0.25, -0.2) is 4.98 Å². The van der Waals surface area contributed by atoms with Gasteiger partial charge < -0.3 is 15.2 Å². The fourth-order valence-electron chi connectivity index (χ4n) is 1.43. The molecule has 0 aliphatic heterocycles. The maximum absolute atomic E-state index is 8.95. The average Bonchev–Trinajstić information content (AvgIpc) is 2.26. The quantitative estimate of drug-likeness (QED) is 0.789. The first-order chi connectivity index (χ1) is 7.96. The van der Waals surface area contributed by atoms with Gasteiger partial charge in [-0.1, -0.05) is 13.8 Å². The van der Waals surface area contributed by atoms with Gasteiger partial charge in [-0.2, -0.15) is 4.98 Å². The van der Waals surface area contributed by atoms with Crippen LogP contribution in [0.4, 0.5) is 5.95 Å². The summed E-state index contributed by atoms with van der Waals surface area (Å²) in [6.07, 6.45) is 0.739. The molecule has 1 aromatic heterocycles. The van der Waals surface area contributed by atoms with Crippen LogP contribution in [0.2, 0.25) is 0 Å². The number of nitrogens with one attached hydrogen (secondary N) is 1. The van der Waals surface area contributed by atoms with Gasteiger partial charge in [-0.05, 0) is 18.8 Å². The molecule has 2 N–H and O–H groups in total. The molecule has 1 aromatic rings. The lowest BCUT2D eigenvalue weighted by atomic mass is 9.90. The van der Waals surface area contributed by atoms with Gasteiger partial charge in [-0.3, -0.25) is 0 Å². The third kappa shape index (κ3) is 4.56. The number of nitrogens with zero attached hydrogens (tertiary/aromatic N) is 2. The van der Waals surface area contributed by atoms with Crippen molar-refractivity contribution in [1.29, 1.82) is 0 Å². The van der Waals surface area contributed by atoms with Gasteiger partial charge in [0, 0.05) is 24.9 Å². The zero-order valence-corrected chi connectivity index (χ0v) is 10.9. The smallest absolute Gasteiger partial charge is 0.226 e. The number of aliphatic hydroxyl groups excluding tert-OH is 1. The van der Waals surface area contributed by atoms with Gasteiger partial charge in [0.2, 0.25) is 11.8 Å². The van der Waals surface area contributed by atoms with Crippen LogP contribution < -0.4 is 10.1 Å². The van der Waals surface area contributed by atoms with Crippen LogP contribution in [0.5, 0.6) is 5.88 Å². The molecule has 0 spiro atoms. The minimum absolute atomic E-state index is 0.00902. The van der Waals surface area contributed by atoms with Crippen LogP contribution >= 0.6 is 0 Å². The van der Waals surface area contributed by atoms with Crippen molar-refractivity contribution in [3.8, 4) is 5.88 Å². The summed E-state index contributed by atoms with van der Waals surface area (Å²) < 4.78 is 5.08. The molecule has 0 radical (unpaired) electrons. The van der Waals surface area contributed by atoms with E-state index in [-0.39, 0.29) is 12.0 Å². The first kappa shape index (κ1) is 13.7. The maximum atomic E-state index is 8.95. The lowest BCUT2D eigenvalue weighted by molar-refractivity contribution is 0.220. The summed E-state index contributed by atoms with van der Waals surface area (Å²) in [5.41, 5.74) is 0.869. The van der Waals surface area contributed by atoms with Gasteiger partial charge in [-0.15, -0.1) is 0 Å². The zero-order chi connectivity index (χ0) is 12.9. The topological polar surface area (TPSA) is 67.3 Å². The second-order valence-corrected chi connectivity index (χ2v) is 4.87. The molecule has 0 fully saturated rings. The molecule has 0 saturated carbocycles. The highest BCUT2D eigenvalue weighted by Crippen LogP contribution is 2.20. The lowest BCUT2D eigenvalue weighted by Crippen LogP contribution is -2.25. The third-order valence-electron chi connectivity index (χ3n) is 2.55. The Morgan fingerprint density at radius 1 is 1.41 bits per heavy atom. The van der Waals surface area contributed by atoms with E-state index in [2.05, 4.69) is 29.1 Å². The molecule has 0 aromatic carbocycles. The van der Waals surface area contributed by atoms with E-state index in [1.165, 1.54) is 0 Å². The van der Waals surface area contributed by atoms with Crippen molar-refractivity contribution >= 4 is 5.95 Å². The Morgan fingerprint density at radius 2 is 2.12 bits per heavy atom. The van der Waals surface area contributed by atoms with Crippen molar-refractivity contribution in [2.75, 3.05) is 25.6 Å². The highest BCUT2D eigenvalue weighted by Gasteiger charge is 2.17. The molecule has 5 nitrogen and oxygen atoms in total. The molecule has 1 heterocycles. The van der Waals surface area contributed by atoms with Crippen molar-refractivity contribution in [2.24, 2.45) is 5.41 Å². The zero-order valence-electron chi connectivity index (χ0n) is 10.9. The van der Waals surface area contributed by atoms with Crippen molar-refractivity contribution in [1.82, 2.24) is 9.97 Å². The van der Waals surface area contributed by atoms with Crippen LogP contribution in [0.25, 0.3) is 0 Å². The van der Waals surface area contributed by atoms with Crippen molar-refractivity contribution in [3.63, 3.8) is 0 Å². The number of anilines is 1. The Balaban J connectivity index is 2.65. The van der Waals surface area contributed by atoms with E-state index < -0.39 is 0 Å². The number of rotatable bonds is 6. The fourth-order valence-corrected chi connectivity index (χ4v) is 1.43. The fraction of sp³-hybridized carbons (Fsp3) is 0.667. The van der Waals surface area contributed by atoms with Crippen molar-refractivity contribution < 1.29 is 9.84 Å². The molecular formula is C12H21N3O2. The van der Waals surface area contributed by atoms with E-state index >= 15 is 0 Å². The van der Waals surface area contributed by atoms with Crippen LogP contribution in [0.15, 0.2) is 6.07 Å². The molecule has 17 heavy (non-hydrogen) atoms. The van der Waals surface area contributed by atoms with Crippen LogP contribution in [-0.2, 0) is 0 Å². The predicted octanol–water partition coefficient (Wildman–Crippen LogP) is 1.61. The number of methoxy groups -OCH3 is 1. The minimum Gasteiger partial charge on any atom is -0.481 e. The molecule has 0 amide bonds. The third-order valence-corrected chi connectivity index (χ3v) is 2.55. The predicted molar refractivity (Wildman–Crippen MR) is 67.3 cm³/mol. The lowest BCUT2D eigenvalue weighted by Gasteiger charge is -2.23. The summed E-state index contributed by atoms with van der Waals surface area (Å²) in [7, 11) is 1.58. The summed E-state index contributed by atoms with van der Waals surface area (Å²) >= 11 is 0. The largest absolute Gasteiger partial charge is 0.481 e. The van der Waals surface area contributed by atoms with E-state index in [1.54, 1.807) is 13.2 Å². The second-order valence-electron chi connectivity index (χ2n) is 4.87. The first-order valence-corrected chi connectivity index (χ1v) is 5.71. The molecule has 5 heteroatoms. The van der Waals surface area contributed by atoms with Crippen LogP contribution in [0, 0.1) is 12.3 Å². The van der Waals surface area contributed by atoms with Crippen LogP contribution in [-0.4, -0.2) is 35.3 Å². The summed E-state index contributed by atoms with van der Waals surface area (Å²) in [6, 6.07) is 1.78. The molecular weight excluding hydrogens is 218 g/mol. The maximum Gasteiger partial charge on any atom is 0.226 e. The SMILES string of the molecule is COc1cc(C)nc(NCC(C)(C)CCO)n1. The molecule has 96 valence electrons. The summed E-state index contributed by atoms with van der Waals surface area (Å²) in [5.74, 6) is 1.12. The average molecular weight is 239 g/mol. The molecule has 0 bridgehead atoms. The number of aliphatic hydroxyl groups is 1. The Morgan fingerprint density at radius 3 is 2.71 bits per heavy atom. The molecule has 0 aliphatic carbocycles. The Bertz CT molecular complexity index is 367. The van der Waals surface area contributed by atoms with Crippen LogP contribution in [0.3, 0.4) is 0 Å². The van der Waals surface area contributed by atoms with Gasteiger partial charge >= 0.3 is 0 Å². The summed E-state index contributed by atoms with van der Waals surface area (Å²) in [6.45, 7) is 6.97. The molecule has 0 atom stereocenters. The minimum atomic E-state index is 0.00902. The standard InChI is InChI=1S/C12H21N3O2/c1-9-7-10(17-4)15-11(14-9)13-8-12(2,3)5-6-16/h7,16H,5-6,8H2,1-4H3,(H,13,14,15). The van der Waals surface area contributed by atoms with Gasteiger partial charge in [0.25, 0.3) is 0 Å². The Hall–Kier alpha value is -1.36. The number of hydrogen-bond acceptors (Lipinski definition) is 5. The van der Waals surface area contributed by atoms with E-state index in [0.29, 0.717) is 18.4 Å². The number of aromatic nitrogens is 2. The highest BCUT2D eigenvalue weighted by atomic mass is 16.5. The van der Waals surface area contributed by atoms with Crippen molar-refractivity contribution in [2.45, 2.75) is 27.2 Å². The van der Waals surface area contributed by atoms with E-state index in [4.69, 9.17) is 9.84 Å². The molecule has 0 unspecified atom stereocenters. The number of aryl methyl sites for hydroxylation is 1. The highest BCUT2D eigenvalue weighted by molar-refractivity contribution is 5.30. The van der Waals surface area contributed by atoms with Crippen LogP contribution in [0.1, 0.15) is 26.0 Å². The Labute approximate surface area is 102 Å². The second kappa shape index (κ2) is 5.82. The van der Waals surface area contributed by atoms with Gasteiger partial charge in [0.15, 0.2) is 0 Å².